The van der Waals surface area contributed by atoms with Crippen molar-refractivity contribution < 1.29 is 4.79 Å². The molecule has 0 aliphatic heterocycles. The zero-order chi connectivity index (χ0) is 18.8. The highest BCUT2D eigenvalue weighted by atomic mass is 32.2. The molecule has 3 rings (SSSR count). The van der Waals surface area contributed by atoms with E-state index in [4.69, 9.17) is 5.73 Å². The van der Waals surface area contributed by atoms with Crippen LogP contribution in [0.1, 0.15) is 69.5 Å². The monoisotopic (exact) mass is 373 g/mol. The fraction of sp³-hybridized carbons (Fsp3) is 0.526. The van der Waals surface area contributed by atoms with Gasteiger partial charge in [-0.2, -0.15) is 0 Å². The third-order valence-electron chi connectivity index (χ3n) is 4.57. The van der Waals surface area contributed by atoms with Crippen LogP contribution in [0.4, 0.5) is 11.6 Å². The summed E-state index contributed by atoms with van der Waals surface area (Å²) < 4.78 is 1.94. The van der Waals surface area contributed by atoms with Gasteiger partial charge in [-0.15, -0.1) is 10.2 Å². The summed E-state index contributed by atoms with van der Waals surface area (Å²) in [6.07, 6.45) is 2.20. The zero-order valence-corrected chi connectivity index (χ0v) is 16.6. The average Bonchev–Trinajstić information content (AvgIpc) is 3.35. The first-order chi connectivity index (χ1) is 12.4. The smallest absolute Gasteiger partial charge is 0.234 e. The standard InChI is InChI=1S/C19H27N5OS/c1-11(2)14-6-5-7-15(12(3)4)17(14)21-16(25)10-26-19-23-22-18(20)24(19)13-8-9-13/h5-7,11-13H,8-10H2,1-4H3,(H2,20,22)(H,21,25). The van der Waals surface area contributed by atoms with Gasteiger partial charge in [0.25, 0.3) is 0 Å². The van der Waals surface area contributed by atoms with E-state index in [1.54, 1.807) is 0 Å². The average molecular weight is 374 g/mol. The molecule has 3 N–H and O–H groups in total. The molecule has 2 aromatic rings. The number of nitrogens with zero attached hydrogens (tertiary/aromatic N) is 3. The molecule has 0 radical (unpaired) electrons. The highest BCUT2D eigenvalue weighted by Gasteiger charge is 2.29. The van der Waals surface area contributed by atoms with Crippen LogP contribution in [0.2, 0.25) is 0 Å². The van der Waals surface area contributed by atoms with E-state index in [1.807, 2.05) is 4.57 Å². The minimum atomic E-state index is -0.0334. The van der Waals surface area contributed by atoms with Crippen LogP contribution >= 0.6 is 11.8 Å². The molecular weight excluding hydrogens is 346 g/mol. The zero-order valence-electron chi connectivity index (χ0n) is 15.8. The van der Waals surface area contributed by atoms with Crippen LogP contribution in [0, 0.1) is 0 Å². The molecule has 0 atom stereocenters. The van der Waals surface area contributed by atoms with Crippen molar-refractivity contribution >= 4 is 29.3 Å². The van der Waals surface area contributed by atoms with Gasteiger partial charge in [0.2, 0.25) is 11.9 Å². The number of nitrogens with two attached hydrogens (primary N) is 1. The van der Waals surface area contributed by atoms with Crippen molar-refractivity contribution in [2.45, 2.75) is 63.6 Å². The van der Waals surface area contributed by atoms with Crippen LogP contribution in [-0.2, 0) is 4.79 Å². The largest absolute Gasteiger partial charge is 0.368 e. The number of carbonyl (C=O) groups excluding carboxylic acids is 1. The first-order valence-corrected chi connectivity index (χ1v) is 10.1. The Labute approximate surface area is 158 Å². The lowest BCUT2D eigenvalue weighted by Crippen LogP contribution is -2.18. The summed E-state index contributed by atoms with van der Waals surface area (Å²) >= 11 is 1.39. The number of aromatic nitrogens is 3. The van der Waals surface area contributed by atoms with Crippen LogP contribution in [0.3, 0.4) is 0 Å². The lowest BCUT2D eigenvalue weighted by molar-refractivity contribution is -0.113. The van der Waals surface area contributed by atoms with Crippen molar-refractivity contribution in [3.8, 4) is 0 Å². The maximum Gasteiger partial charge on any atom is 0.234 e. The molecule has 1 heterocycles. The second-order valence-electron chi connectivity index (χ2n) is 7.40. The molecule has 0 unspecified atom stereocenters. The van der Waals surface area contributed by atoms with Crippen LogP contribution in [0.5, 0.6) is 0 Å². The van der Waals surface area contributed by atoms with Gasteiger partial charge >= 0.3 is 0 Å². The Morgan fingerprint density at radius 1 is 1.23 bits per heavy atom. The van der Waals surface area contributed by atoms with Gasteiger partial charge in [-0.3, -0.25) is 9.36 Å². The quantitative estimate of drug-likeness (QED) is 0.711. The molecule has 1 saturated carbocycles. The van der Waals surface area contributed by atoms with E-state index in [0.29, 0.717) is 23.8 Å². The number of amides is 1. The van der Waals surface area contributed by atoms with E-state index in [-0.39, 0.29) is 11.7 Å². The molecule has 140 valence electrons. The number of para-hydroxylation sites is 1. The molecule has 1 aromatic carbocycles. The number of hydrogen-bond acceptors (Lipinski definition) is 5. The molecule has 0 spiro atoms. The highest BCUT2D eigenvalue weighted by Crippen LogP contribution is 2.39. The predicted octanol–water partition coefficient (Wildman–Crippen LogP) is 4.17. The number of nitrogens with one attached hydrogen (secondary N) is 1. The van der Waals surface area contributed by atoms with Crippen molar-refractivity contribution in [3.05, 3.63) is 29.3 Å². The number of benzene rings is 1. The summed E-state index contributed by atoms with van der Waals surface area (Å²) in [6.45, 7) is 8.57. The normalized spacial score (nSPS) is 14.2. The number of rotatable bonds is 7. The van der Waals surface area contributed by atoms with Crippen molar-refractivity contribution in [3.63, 3.8) is 0 Å². The molecule has 1 aromatic heterocycles. The van der Waals surface area contributed by atoms with Gasteiger partial charge in [0.15, 0.2) is 5.16 Å². The van der Waals surface area contributed by atoms with Crippen LogP contribution in [0.25, 0.3) is 0 Å². The predicted molar refractivity (Wildman–Crippen MR) is 107 cm³/mol. The fourth-order valence-electron chi connectivity index (χ4n) is 3.06. The summed E-state index contributed by atoms with van der Waals surface area (Å²) in [5.41, 5.74) is 9.18. The van der Waals surface area contributed by atoms with Gasteiger partial charge in [-0.25, -0.2) is 0 Å². The Kier molecular flexibility index (Phi) is 5.55. The topological polar surface area (TPSA) is 85.8 Å². The van der Waals surface area contributed by atoms with Crippen LogP contribution < -0.4 is 11.1 Å². The Balaban J connectivity index is 1.72. The first kappa shape index (κ1) is 18.8. The molecule has 26 heavy (non-hydrogen) atoms. The minimum absolute atomic E-state index is 0.0334. The Hall–Kier alpha value is -2.02. The van der Waals surface area contributed by atoms with Gasteiger partial charge in [0, 0.05) is 11.7 Å². The Morgan fingerprint density at radius 3 is 2.38 bits per heavy atom. The SMILES string of the molecule is CC(C)c1cccc(C(C)C)c1NC(=O)CSc1nnc(N)n1C1CC1. The molecule has 0 saturated heterocycles. The Bertz CT molecular complexity index is 769. The Morgan fingerprint density at radius 2 is 1.85 bits per heavy atom. The number of hydrogen-bond donors (Lipinski definition) is 2. The summed E-state index contributed by atoms with van der Waals surface area (Å²) in [5, 5.41) is 11.9. The number of nitrogen functional groups attached to an aromatic ring is 1. The van der Waals surface area contributed by atoms with Gasteiger partial charge < -0.3 is 11.1 Å². The van der Waals surface area contributed by atoms with Crippen molar-refractivity contribution in [2.75, 3.05) is 16.8 Å². The summed E-state index contributed by atoms with van der Waals surface area (Å²) in [7, 11) is 0. The van der Waals surface area contributed by atoms with Gasteiger partial charge in [0.1, 0.15) is 0 Å². The molecule has 1 amide bonds. The lowest BCUT2D eigenvalue weighted by Gasteiger charge is -2.20. The van der Waals surface area contributed by atoms with Crippen LogP contribution in [-0.4, -0.2) is 26.4 Å². The molecule has 7 heteroatoms. The molecule has 1 aliphatic carbocycles. The second-order valence-corrected chi connectivity index (χ2v) is 8.34. The second kappa shape index (κ2) is 7.70. The van der Waals surface area contributed by atoms with E-state index in [1.165, 1.54) is 22.9 Å². The molecule has 0 bridgehead atoms. The minimum Gasteiger partial charge on any atom is -0.368 e. The van der Waals surface area contributed by atoms with E-state index in [0.717, 1.165) is 23.7 Å². The summed E-state index contributed by atoms with van der Waals surface area (Å²) in [5.74, 6) is 1.37. The van der Waals surface area contributed by atoms with Crippen molar-refractivity contribution in [1.29, 1.82) is 0 Å². The van der Waals surface area contributed by atoms with Gasteiger partial charge in [-0.05, 0) is 35.8 Å². The first-order valence-electron chi connectivity index (χ1n) is 9.14. The molecule has 6 nitrogen and oxygen atoms in total. The summed E-state index contributed by atoms with van der Waals surface area (Å²) in [6, 6.07) is 6.63. The third kappa shape index (κ3) is 4.03. The van der Waals surface area contributed by atoms with Crippen LogP contribution in [0.15, 0.2) is 23.4 Å². The molecule has 1 fully saturated rings. The van der Waals surface area contributed by atoms with E-state index >= 15 is 0 Å². The fourth-order valence-corrected chi connectivity index (χ4v) is 3.88. The van der Waals surface area contributed by atoms with Gasteiger partial charge in [-0.1, -0.05) is 57.7 Å². The van der Waals surface area contributed by atoms with E-state index in [9.17, 15) is 4.79 Å². The van der Waals surface area contributed by atoms with Gasteiger partial charge in [0.05, 0.1) is 5.75 Å². The van der Waals surface area contributed by atoms with E-state index < -0.39 is 0 Å². The third-order valence-corrected chi connectivity index (χ3v) is 5.52. The maximum absolute atomic E-state index is 12.6. The lowest BCUT2D eigenvalue weighted by atomic mass is 9.92. The number of thioether (sulfide) groups is 1. The van der Waals surface area contributed by atoms with Crippen molar-refractivity contribution in [2.24, 2.45) is 0 Å². The molecular formula is C19H27N5OS. The van der Waals surface area contributed by atoms with Crippen molar-refractivity contribution in [1.82, 2.24) is 14.8 Å². The summed E-state index contributed by atoms with van der Waals surface area (Å²) in [4.78, 5) is 12.6. The van der Waals surface area contributed by atoms with E-state index in [2.05, 4.69) is 61.4 Å². The highest BCUT2D eigenvalue weighted by molar-refractivity contribution is 7.99. The number of anilines is 2. The number of carbonyl (C=O) groups is 1. The maximum atomic E-state index is 12.6. The molecule has 1 aliphatic rings.